The Bertz CT molecular complexity index is 104. The number of carbonyl (C=O) groups excluding carboxylic acids is 1. The number of ether oxygens (including phenoxy) is 1. The van der Waals surface area contributed by atoms with E-state index in [0.717, 1.165) is 12.8 Å². The van der Waals surface area contributed by atoms with Crippen LogP contribution in [0.1, 0.15) is 45.4 Å². The molecule has 0 saturated carbocycles. The number of hydrogen-bond donors (Lipinski definition) is 1. The van der Waals surface area contributed by atoms with Gasteiger partial charge >= 0.3 is 6.47 Å². The predicted octanol–water partition coefficient (Wildman–Crippen LogP) is 1.75. The Balaban J connectivity index is 3.02. The van der Waals surface area contributed by atoms with Crippen molar-refractivity contribution in [3.8, 4) is 0 Å². The summed E-state index contributed by atoms with van der Waals surface area (Å²) in [7, 11) is 0. The highest BCUT2D eigenvalue weighted by molar-refractivity contribution is 5.38. The van der Waals surface area contributed by atoms with E-state index in [2.05, 4.69) is 11.7 Å². The van der Waals surface area contributed by atoms with Gasteiger partial charge in [0.2, 0.25) is 6.29 Å². The van der Waals surface area contributed by atoms with Gasteiger partial charge in [0.05, 0.1) is 0 Å². The molecule has 1 unspecified atom stereocenters. The molecule has 12 heavy (non-hydrogen) atoms. The first-order valence-corrected chi connectivity index (χ1v) is 4.52. The zero-order valence-corrected chi connectivity index (χ0v) is 7.58. The van der Waals surface area contributed by atoms with Crippen LogP contribution in [0.2, 0.25) is 0 Å². The van der Waals surface area contributed by atoms with Crippen molar-refractivity contribution < 1.29 is 14.6 Å². The first kappa shape index (κ1) is 11.4. The molecular formula is C9H17O3. The Morgan fingerprint density at radius 3 is 2.58 bits per heavy atom. The second kappa shape index (κ2) is 8.53. The third-order valence-electron chi connectivity index (χ3n) is 1.74. The lowest BCUT2D eigenvalue weighted by molar-refractivity contribution is -0.0361. The summed E-state index contributed by atoms with van der Waals surface area (Å²) in [6.07, 6.45) is 5.20. The zero-order chi connectivity index (χ0) is 9.23. The van der Waals surface area contributed by atoms with Crippen LogP contribution in [0, 0.1) is 0 Å². The van der Waals surface area contributed by atoms with Crippen LogP contribution in [-0.4, -0.2) is 17.9 Å². The van der Waals surface area contributed by atoms with Crippen LogP contribution in [-0.2, 0) is 9.53 Å². The fourth-order valence-corrected chi connectivity index (χ4v) is 1.04. The highest BCUT2D eigenvalue weighted by Gasteiger charge is 2.02. The van der Waals surface area contributed by atoms with Gasteiger partial charge in [-0.2, -0.15) is 0 Å². The summed E-state index contributed by atoms with van der Waals surface area (Å²) in [6, 6.07) is 0. The summed E-state index contributed by atoms with van der Waals surface area (Å²) >= 11 is 0. The summed E-state index contributed by atoms with van der Waals surface area (Å²) in [5.41, 5.74) is 0. The molecule has 0 aliphatic carbocycles. The molecule has 1 atom stereocenters. The lowest BCUT2D eigenvalue weighted by Gasteiger charge is -2.06. The van der Waals surface area contributed by atoms with Gasteiger partial charge in [0.15, 0.2) is 0 Å². The van der Waals surface area contributed by atoms with Gasteiger partial charge in [0.1, 0.15) is 0 Å². The molecule has 0 heterocycles. The maximum atomic E-state index is 9.64. The lowest BCUT2D eigenvalue weighted by atomic mass is 10.1. The Labute approximate surface area is 73.7 Å². The van der Waals surface area contributed by atoms with Crippen molar-refractivity contribution in [2.75, 3.05) is 0 Å². The van der Waals surface area contributed by atoms with Crippen LogP contribution in [0.3, 0.4) is 0 Å². The standard InChI is InChI=1S/C9H17O3/c1-2-3-4-5-6-7-9(11)12-8-10/h9,11H,2-7H2,1H3. The average Bonchev–Trinajstić information content (AvgIpc) is 2.05. The number of hydrogen-bond acceptors (Lipinski definition) is 3. The molecule has 0 amide bonds. The van der Waals surface area contributed by atoms with E-state index in [9.17, 15) is 4.79 Å². The topological polar surface area (TPSA) is 46.5 Å². The molecular weight excluding hydrogens is 156 g/mol. The largest absolute Gasteiger partial charge is 0.428 e. The summed E-state index contributed by atoms with van der Waals surface area (Å²) < 4.78 is 4.20. The highest BCUT2D eigenvalue weighted by Crippen LogP contribution is 2.07. The predicted molar refractivity (Wildman–Crippen MR) is 46.2 cm³/mol. The molecule has 0 saturated heterocycles. The molecule has 3 nitrogen and oxygen atoms in total. The van der Waals surface area contributed by atoms with Crippen LogP contribution in [0.5, 0.6) is 0 Å². The molecule has 1 radical (unpaired) electrons. The highest BCUT2D eigenvalue weighted by atomic mass is 16.6. The molecule has 3 heteroatoms. The van der Waals surface area contributed by atoms with Crippen molar-refractivity contribution in [3.63, 3.8) is 0 Å². The molecule has 0 aliphatic heterocycles. The summed E-state index contributed by atoms with van der Waals surface area (Å²) in [4.78, 5) is 9.64. The van der Waals surface area contributed by atoms with Gasteiger partial charge in [-0.15, -0.1) is 0 Å². The third kappa shape index (κ3) is 7.54. The Hall–Kier alpha value is -0.570. The first-order chi connectivity index (χ1) is 5.81. The van der Waals surface area contributed by atoms with Gasteiger partial charge in [0, 0.05) is 6.42 Å². The van der Waals surface area contributed by atoms with Gasteiger partial charge in [-0.05, 0) is 6.42 Å². The van der Waals surface area contributed by atoms with Gasteiger partial charge in [-0.3, -0.25) is 0 Å². The summed E-state index contributed by atoms with van der Waals surface area (Å²) in [6.45, 7) is 3.37. The molecule has 0 spiro atoms. The fourth-order valence-electron chi connectivity index (χ4n) is 1.04. The van der Waals surface area contributed by atoms with E-state index >= 15 is 0 Å². The zero-order valence-electron chi connectivity index (χ0n) is 7.58. The number of aliphatic hydroxyl groups is 1. The van der Waals surface area contributed by atoms with Crippen LogP contribution in [0.25, 0.3) is 0 Å². The molecule has 0 bridgehead atoms. The minimum absolute atomic E-state index is 0.527. The lowest BCUT2D eigenvalue weighted by Crippen LogP contribution is -2.09. The van der Waals surface area contributed by atoms with E-state index in [1.165, 1.54) is 25.7 Å². The number of aliphatic hydroxyl groups excluding tert-OH is 1. The third-order valence-corrected chi connectivity index (χ3v) is 1.74. The second-order valence-electron chi connectivity index (χ2n) is 2.86. The van der Waals surface area contributed by atoms with E-state index < -0.39 is 6.29 Å². The van der Waals surface area contributed by atoms with Crippen LogP contribution in [0.15, 0.2) is 0 Å². The van der Waals surface area contributed by atoms with Crippen molar-refractivity contribution in [1.29, 1.82) is 0 Å². The van der Waals surface area contributed by atoms with Crippen molar-refractivity contribution in [2.24, 2.45) is 0 Å². The minimum Gasteiger partial charge on any atom is -0.428 e. The minimum atomic E-state index is -0.955. The molecule has 0 rings (SSSR count). The van der Waals surface area contributed by atoms with Gasteiger partial charge in [0.25, 0.3) is 0 Å². The quantitative estimate of drug-likeness (QED) is 0.449. The Morgan fingerprint density at radius 2 is 2.00 bits per heavy atom. The molecule has 0 aromatic carbocycles. The monoisotopic (exact) mass is 173 g/mol. The van der Waals surface area contributed by atoms with E-state index in [1.807, 2.05) is 0 Å². The van der Waals surface area contributed by atoms with Crippen molar-refractivity contribution in [1.82, 2.24) is 0 Å². The molecule has 0 fully saturated rings. The second-order valence-corrected chi connectivity index (χ2v) is 2.86. The maximum Gasteiger partial charge on any atom is 0.419 e. The van der Waals surface area contributed by atoms with E-state index in [-0.39, 0.29) is 0 Å². The van der Waals surface area contributed by atoms with Crippen LogP contribution < -0.4 is 0 Å². The molecule has 71 valence electrons. The molecule has 1 N–H and O–H groups in total. The smallest absolute Gasteiger partial charge is 0.419 e. The van der Waals surface area contributed by atoms with Crippen LogP contribution in [0.4, 0.5) is 0 Å². The van der Waals surface area contributed by atoms with Crippen LogP contribution >= 0.6 is 0 Å². The molecule has 0 aliphatic rings. The first-order valence-electron chi connectivity index (χ1n) is 4.52. The van der Waals surface area contributed by atoms with E-state index in [0.29, 0.717) is 6.42 Å². The normalized spacial score (nSPS) is 12.5. The average molecular weight is 173 g/mol. The maximum absolute atomic E-state index is 9.64. The van der Waals surface area contributed by atoms with E-state index in [4.69, 9.17) is 5.11 Å². The number of rotatable bonds is 8. The van der Waals surface area contributed by atoms with E-state index in [1.54, 1.807) is 0 Å². The van der Waals surface area contributed by atoms with Gasteiger partial charge in [-0.25, -0.2) is 4.79 Å². The summed E-state index contributed by atoms with van der Waals surface area (Å²) in [5.74, 6) is 0. The van der Waals surface area contributed by atoms with Crippen molar-refractivity contribution >= 4 is 6.47 Å². The molecule has 0 aromatic rings. The Kier molecular flexibility index (Phi) is 8.12. The van der Waals surface area contributed by atoms with Gasteiger partial charge < -0.3 is 9.84 Å². The Morgan fingerprint density at radius 1 is 1.33 bits per heavy atom. The molecule has 0 aromatic heterocycles. The van der Waals surface area contributed by atoms with Gasteiger partial charge in [-0.1, -0.05) is 32.6 Å². The van der Waals surface area contributed by atoms with Crippen molar-refractivity contribution in [2.45, 2.75) is 51.7 Å². The van der Waals surface area contributed by atoms with Crippen molar-refractivity contribution in [3.05, 3.63) is 0 Å². The summed E-state index contributed by atoms with van der Waals surface area (Å²) in [5, 5.41) is 8.92. The fraction of sp³-hybridized carbons (Fsp3) is 0.889. The SMILES string of the molecule is CCCCCCCC(O)O[C]=O. The number of unbranched alkanes of at least 4 members (excludes halogenated alkanes) is 4.